The van der Waals surface area contributed by atoms with Crippen LogP contribution >= 0.6 is 0 Å². The summed E-state index contributed by atoms with van der Waals surface area (Å²) >= 11 is 0. The Balaban J connectivity index is 2.82. The van der Waals surface area contributed by atoms with Gasteiger partial charge < -0.3 is 9.84 Å². The first-order valence-electron chi connectivity index (χ1n) is 3.78. The molecule has 1 N–H and O–H groups in total. The van der Waals surface area contributed by atoms with Crippen molar-refractivity contribution in [2.45, 2.75) is 25.2 Å². The number of ketones is 1. The molecule has 0 radical (unpaired) electrons. The molecule has 0 fully saturated rings. The molecule has 3 heteroatoms. The average molecular weight is 168 g/mol. The zero-order valence-corrected chi connectivity index (χ0v) is 6.99. The first-order valence-corrected chi connectivity index (χ1v) is 3.78. The highest BCUT2D eigenvalue weighted by atomic mass is 16.6. The molecule has 1 heterocycles. The van der Waals surface area contributed by atoms with Gasteiger partial charge >= 0.3 is 0 Å². The topological polar surface area (TPSA) is 46.5 Å². The van der Waals surface area contributed by atoms with Crippen LogP contribution in [0.25, 0.3) is 0 Å². The van der Waals surface area contributed by atoms with Crippen LogP contribution in [0.2, 0.25) is 0 Å². The maximum atomic E-state index is 11.3. The molecule has 1 aliphatic heterocycles. The Morgan fingerprint density at radius 1 is 1.92 bits per heavy atom. The highest BCUT2D eigenvalue weighted by Crippen LogP contribution is 2.23. The molecular weight excluding hydrogens is 156 g/mol. The molecule has 0 saturated carbocycles. The van der Waals surface area contributed by atoms with Crippen LogP contribution in [0.1, 0.15) is 13.3 Å². The molecule has 0 bridgehead atoms. The second-order valence-corrected chi connectivity index (χ2v) is 2.96. The van der Waals surface area contributed by atoms with E-state index in [0.717, 1.165) is 0 Å². The fourth-order valence-electron chi connectivity index (χ4n) is 1.13. The van der Waals surface area contributed by atoms with Crippen LogP contribution in [0.5, 0.6) is 0 Å². The lowest BCUT2D eigenvalue weighted by Crippen LogP contribution is -2.42. The Kier molecular flexibility index (Phi) is 2.45. The SMILES string of the molecule is C=CCC1(C)OC(O)C=CC1=O. The van der Waals surface area contributed by atoms with Gasteiger partial charge in [-0.2, -0.15) is 0 Å². The molecule has 0 saturated heterocycles. The van der Waals surface area contributed by atoms with Crippen molar-refractivity contribution in [3.05, 3.63) is 24.8 Å². The van der Waals surface area contributed by atoms with E-state index in [2.05, 4.69) is 6.58 Å². The van der Waals surface area contributed by atoms with Crippen LogP contribution in [-0.4, -0.2) is 22.8 Å². The van der Waals surface area contributed by atoms with Gasteiger partial charge in [-0.1, -0.05) is 6.08 Å². The van der Waals surface area contributed by atoms with Gasteiger partial charge in [0.05, 0.1) is 0 Å². The number of carbonyl (C=O) groups excluding carboxylic acids is 1. The van der Waals surface area contributed by atoms with Gasteiger partial charge in [0.1, 0.15) is 5.60 Å². The van der Waals surface area contributed by atoms with E-state index in [1.165, 1.54) is 12.2 Å². The number of carbonyl (C=O) groups is 1. The third-order valence-electron chi connectivity index (χ3n) is 1.85. The molecule has 12 heavy (non-hydrogen) atoms. The number of aliphatic hydroxyl groups excluding tert-OH is 1. The fourth-order valence-corrected chi connectivity index (χ4v) is 1.13. The van der Waals surface area contributed by atoms with Crippen molar-refractivity contribution in [1.82, 2.24) is 0 Å². The Morgan fingerprint density at radius 3 is 3.17 bits per heavy atom. The molecule has 0 aromatic rings. The zero-order valence-electron chi connectivity index (χ0n) is 6.99. The number of hydrogen-bond donors (Lipinski definition) is 1. The van der Waals surface area contributed by atoms with Gasteiger partial charge in [0.25, 0.3) is 0 Å². The summed E-state index contributed by atoms with van der Waals surface area (Å²) in [5.74, 6) is -0.132. The highest BCUT2D eigenvalue weighted by molar-refractivity contribution is 5.97. The van der Waals surface area contributed by atoms with Crippen molar-refractivity contribution in [2.75, 3.05) is 0 Å². The molecule has 66 valence electrons. The molecule has 2 atom stereocenters. The second-order valence-electron chi connectivity index (χ2n) is 2.96. The minimum absolute atomic E-state index is 0.132. The van der Waals surface area contributed by atoms with E-state index in [9.17, 15) is 4.79 Å². The third kappa shape index (κ3) is 1.62. The molecule has 0 amide bonds. The quantitative estimate of drug-likeness (QED) is 0.620. The predicted octanol–water partition coefficient (Wildman–Crippen LogP) is 0.795. The third-order valence-corrected chi connectivity index (χ3v) is 1.85. The molecule has 2 unspecified atom stereocenters. The number of ether oxygens (including phenoxy) is 1. The summed E-state index contributed by atoms with van der Waals surface area (Å²) < 4.78 is 5.07. The number of rotatable bonds is 2. The van der Waals surface area contributed by atoms with E-state index in [4.69, 9.17) is 9.84 Å². The van der Waals surface area contributed by atoms with Gasteiger partial charge in [0.15, 0.2) is 12.1 Å². The molecule has 0 spiro atoms. The monoisotopic (exact) mass is 168 g/mol. The largest absolute Gasteiger partial charge is 0.365 e. The summed E-state index contributed by atoms with van der Waals surface area (Å²) in [6, 6.07) is 0. The van der Waals surface area contributed by atoms with Crippen LogP contribution in [0.3, 0.4) is 0 Å². The lowest BCUT2D eigenvalue weighted by molar-refractivity contribution is -0.173. The second kappa shape index (κ2) is 3.21. The summed E-state index contributed by atoms with van der Waals surface area (Å²) in [5.41, 5.74) is -0.935. The van der Waals surface area contributed by atoms with Crippen molar-refractivity contribution in [2.24, 2.45) is 0 Å². The molecule has 0 aromatic heterocycles. The van der Waals surface area contributed by atoms with E-state index in [1.54, 1.807) is 13.0 Å². The van der Waals surface area contributed by atoms with Crippen LogP contribution in [0.4, 0.5) is 0 Å². The normalized spacial score (nSPS) is 35.2. The standard InChI is InChI=1S/C9H12O3/c1-3-6-9(2)7(10)4-5-8(11)12-9/h3-5,8,11H,1,6H2,2H3. The van der Waals surface area contributed by atoms with Crippen molar-refractivity contribution in [3.63, 3.8) is 0 Å². The van der Waals surface area contributed by atoms with Crippen LogP contribution in [0, 0.1) is 0 Å². The molecule has 0 aromatic carbocycles. The minimum atomic E-state index is -0.979. The van der Waals surface area contributed by atoms with Crippen LogP contribution in [0.15, 0.2) is 24.8 Å². The van der Waals surface area contributed by atoms with Crippen LogP contribution in [-0.2, 0) is 9.53 Å². The zero-order chi connectivity index (χ0) is 9.19. The maximum Gasteiger partial charge on any atom is 0.187 e. The molecule has 3 nitrogen and oxygen atoms in total. The summed E-state index contributed by atoms with van der Waals surface area (Å²) in [6.45, 7) is 5.16. The lowest BCUT2D eigenvalue weighted by Gasteiger charge is -2.30. The molecule has 1 aliphatic rings. The average Bonchev–Trinajstić information content (AvgIpc) is 1.98. The predicted molar refractivity (Wildman–Crippen MR) is 44.5 cm³/mol. The summed E-state index contributed by atoms with van der Waals surface area (Å²) in [4.78, 5) is 11.3. The number of aliphatic hydroxyl groups is 1. The van der Waals surface area contributed by atoms with Crippen molar-refractivity contribution < 1.29 is 14.6 Å². The van der Waals surface area contributed by atoms with E-state index in [0.29, 0.717) is 6.42 Å². The van der Waals surface area contributed by atoms with E-state index < -0.39 is 11.9 Å². The van der Waals surface area contributed by atoms with E-state index >= 15 is 0 Å². The molecular formula is C9H12O3. The smallest absolute Gasteiger partial charge is 0.187 e. The first kappa shape index (κ1) is 9.16. The van der Waals surface area contributed by atoms with Gasteiger partial charge in [-0.3, -0.25) is 4.79 Å². The Hall–Kier alpha value is -0.930. The first-order chi connectivity index (χ1) is 5.58. The number of hydrogen-bond acceptors (Lipinski definition) is 3. The molecule has 0 aliphatic carbocycles. The van der Waals surface area contributed by atoms with E-state index in [1.807, 2.05) is 0 Å². The summed E-state index contributed by atoms with van der Waals surface area (Å²) in [6.07, 6.45) is 3.70. The van der Waals surface area contributed by atoms with Gasteiger partial charge in [0, 0.05) is 6.42 Å². The van der Waals surface area contributed by atoms with Crippen molar-refractivity contribution >= 4 is 5.78 Å². The summed E-state index contributed by atoms with van der Waals surface area (Å²) in [5, 5.41) is 9.09. The van der Waals surface area contributed by atoms with Gasteiger partial charge in [0.2, 0.25) is 0 Å². The highest BCUT2D eigenvalue weighted by Gasteiger charge is 2.35. The Labute approximate surface area is 71.3 Å². The summed E-state index contributed by atoms with van der Waals surface area (Å²) in [7, 11) is 0. The van der Waals surface area contributed by atoms with Crippen molar-refractivity contribution in [1.29, 1.82) is 0 Å². The molecule has 1 rings (SSSR count). The Bertz CT molecular complexity index is 232. The van der Waals surface area contributed by atoms with E-state index in [-0.39, 0.29) is 5.78 Å². The minimum Gasteiger partial charge on any atom is -0.365 e. The van der Waals surface area contributed by atoms with Gasteiger partial charge in [-0.15, -0.1) is 6.58 Å². The van der Waals surface area contributed by atoms with Gasteiger partial charge in [-0.05, 0) is 19.1 Å². The van der Waals surface area contributed by atoms with Gasteiger partial charge in [-0.25, -0.2) is 0 Å². The van der Waals surface area contributed by atoms with Crippen molar-refractivity contribution in [3.8, 4) is 0 Å². The Morgan fingerprint density at radius 2 is 2.58 bits per heavy atom. The maximum absolute atomic E-state index is 11.3. The fraction of sp³-hybridized carbons (Fsp3) is 0.444. The van der Waals surface area contributed by atoms with Crippen LogP contribution < -0.4 is 0 Å². The lowest BCUT2D eigenvalue weighted by atomic mass is 9.94.